The number of hydrogen-bond acceptors (Lipinski definition) is 14. The molecule has 1 heterocycles. The molecule has 0 spiro atoms. The third-order valence-electron chi connectivity index (χ3n) is 4.99. The second kappa shape index (κ2) is 10.0. The van der Waals surface area contributed by atoms with E-state index in [0.29, 0.717) is 16.9 Å². The van der Waals surface area contributed by atoms with Gasteiger partial charge in [0, 0.05) is 6.42 Å². The molecule has 0 radical (unpaired) electrons. The molecule has 194 valence electrons. The fourth-order valence-corrected chi connectivity index (χ4v) is 3.89. The number of phenols is 4. The van der Waals surface area contributed by atoms with Crippen molar-refractivity contribution in [1.82, 2.24) is 10.3 Å². The predicted octanol–water partition coefficient (Wildman–Crippen LogP) is -0.957. The van der Waals surface area contributed by atoms with Crippen LogP contribution in [0.25, 0.3) is 0 Å². The number of aromatic nitrogens is 1. The van der Waals surface area contributed by atoms with Gasteiger partial charge in [-0.15, -0.1) is 0 Å². The zero-order valence-corrected chi connectivity index (χ0v) is 19.2. The number of aliphatic hydroxyl groups is 4. The predicted molar refractivity (Wildman–Crippen MR) is 125 cm³/mol. The molecule has 0 aliphatic carbocycles. The van der Waals surface area contributed by atoms with Crippen LogP contribution in [0.4, 0.5) is 10.8 Å². The van der Waals surface area contributed by atoms with E-state index in [1.165, 1.54) is 0 Å². The Balaban J connectivity index is 1.81. The van der Waals surface area contributed by atoms with E-state index in [-0.39, 0.29) is 22.3 Å². The molecule has 2 aromatic carbocycles. The minimum Gasteiger partial charge on any atom is -0.504 e. The standard InChI is InChI=1S/C21H24N4O10S/c22-19-24-10(18(31)36-19)6-11(26)25-13-16(29)14(27)12(15(28)17(13)30)20(32,33)8-23-21(34,35)7-9-4-2-1-3-5-9/h1-5,23,27-35H,6-8H2,(H2,22,24)(H,25,26). The molecule has 0 fully saturated rings. The van der Waals surface area contributed by atoms with Gasteiger partial charge in [-0.2, -0.15) is 0 Å². The van der Waals surface area contributed by atoms with Gasteiger partial charge in [-0.25, -0.2) is 4.98 Å². The molecule has 14 nitrogen and oxygen atoms in total. The number of aromatic hydroxyl groups is 5. The number of nitrogens with zero attached hydrogens (tertiary/aromatic N) is 1. The number of phenolic OH excluding ortho intramolecular Hbond substituents is 4. The number of thiazole rings is 1. The third-order valence-corrected chi connectivity index (χ3v) is 5.72. The van der Waals surface area contributed by atoms with Crippen molar-refractivity contribution in [3.05, 3.63) is 47.2 Å². The molecule has 0 saturated heterocycles. The van der Waals surface area contributed by atoms with Crippen molar-refractivity contribution >= 4 is 28.1 Å². The molecule has 1 aromatic heterocycles. The summed E-state index contributed by atoms with van der Waals surface area (Å²) >= 11 is 0.706. The zero-order valence-electron chi connectivity index (χ0n) is 18.4. The average Bonchev–Trinajstić information content (AvgIpc) is 3.11. The maximum atomic E-state index is 12.3. The molecule has 3 rings (SSSR count). The van der Waals surface area contributed by atoms with Crippen molar-refractivity contribution in [2.45, 2.75) is 24.5 Å². The van der Waals surface area contributed by atoms with Gasteiger partial charge in [0.25, 0.3) is 0 Å². The van der Waals surface area contributed by atoms with Gasteiger partial charge in [-0.3, -0.25) is 10.1 Å². The van der Waals surface area contributed by atoms with Crippen LogP contribution in [0.3, 0.4) is 0 Å². The van der Waals surface area contributed by atoms with E-state index in [0.717, 1.165) is 0 Å². The lowest BCUT2D eigenvalue weighted by atomic mass is 10.00. The average molecular weight is 525 g/mol. The summed E-state index contributed by atoms with van der Waals surface area (Å²) in [7, 11) is 0. The molecular formula is C21H24N4O10S. The number of carbonyl (C=O) groups excluding carboxylic acids is 1. The second-order valence-electron chi connectivity index (χ2n) is 7.82. The molecule has 15 heteroatoms. The monoisotopic (exact) mass is 524 g/mol. The fourth-order valence-electron chi connectivity index (χ4n) is 3.30. The van der Waals surface area contributed by atoms with E-state index < -0.39 is 64.8 Å². The van der Waals surface area contributed by atoms with Gasteiger partial charge < -0.3 is 57.0 Å². The summed E-state index contributed by atoms with van der Waals surface area (Å²) in [5.74, 6) is -12.0. The molecule has 0 saturated carbocycles. The quantitative estimate of drug-likeness (QED) is 0.0915. The maximum Gasteiger partial charge on any atom is 0.230 e. The lowest BCUT2D eigenvalue weighted by Gasteiger charge is -2.30. The highest BCUT2D eigenvalue weighted by atomic mass is 32.1. The van der Waals surface area contributed by atoms with Crippen molar-refractivity contribution in [2.75, 3.05) is 17.6 Å². The molecule has 0 bridgehead atoms. The van der Waals surface area contributed by atoms with Gasteiger partial charge in [0.15, 0.2) is 33.2 Å². The van der Waals surface area contributed by atoms with E-state index in [9.17, 15) is 50.8 Å². The Morgan fingerprint density at radius 1 is 0.944 bits per heavy atom. The van der Waals surface area contributed by atoms with E-state index in [1.54, 1.807) is 30.3 Å². The van der Waals surface area contributed by atoms with Crippen LogP contribution < -0.4 is 16.4 Å². The summed E-state index contributed by atoms with van der Waals surface area (Å²) in [5, 5.41) is 95.7. The Hall–Kier alpha value is -3.86. The maximum absolute atomic E-state index is 12.3. The number of nitrogens with one attached hydrogen (secondary N) is 2. The van der Waals surface area contributed by atoms with E-state index in [4.69, 9.17) is 5.73 Å². The van der Waals surface area contributed by atoms with Gasteiger partial charge >= 0.3 is 0 Å². The number of carbonyl (C=O) groups is 1. The molecule has 13 N–H and O–H groups in total. The van der Waals surface area contributed by atoms with Crippen molar-refractivity contribution in [3.8, 4) is 28.1 Å². The van der Waals surface area contributed by atoms with Gasteiger partial charge in [0.2, 0.25) is 17.6 Å². The SMILES string of the molecule is Nc1nc(CC(=O)Nc2c(O)c(O)c(C(O)(O)CNC(O)(O)Cc3ccccc3)c(O)c2O)c(O)s1. The van der Waals surface area contributed by atoms with Crippen LogP contribution in [0, 0.1) is 0 Å². The third kappa shape index (κ3) is 5.85. The van der Waals surface area contributed by atoms with Gasteiger partial charge in [-0.1, -0.05) is 41.7 Å². The van der Waals surface area contributed by atoms with Crippen LogP contribution in [0.2, 0.25) is 0 Å². The summed E-state index contributed by atoms with van der Waals surface area (Å²) in [4.78, 5) is 16.0. The van der Waals surface area contributed by atoms with Gasteiger partial charge in [-0.05, 0) is 5.56 Å². The summed E-state index contributed by atoms with van der Waals surface area (Å²) in [6, 6.07) is 8.16. The van der Waals surface area contributed by atoms with Crippen molar-refractivity contribution in [1.29, 1.82) is 0 Å². The highest BCUT2D eigenvalue weighted by Crippen LogP contribution is 2.52. The summed E-state index contributed by atoms with van der Waals surface area (Å²) in [5.41, 5.74) is 3.72. The number of benzene rings is 2. The highest BCUT2D eigenvalue weighted by Gasteiger charge is 2.39. The van der Waals surface area contributed by atoms with E-state index in [2.05, 4.69) is 4.98 Å². The normalized spacial score (nSPS) is 12.0. The number of rotatable bonds is 9. The van der Waals surface area contributed by atoms with Crippen LogP contribution in [-0.2, 0) is 23.4 Å². The first-order valence-corrected chi connectivity index (χ1v) is 11.0. The highest BCUT2D eigenvalue weighted by molar-refractivity contribution is 7.17. The van der Waals surface area contributed by atoms with E-state index in [1.807, 2.05) is 10.6 Å². The van der Waals surface area contributed by atoms with E-state index >= 15 is 0 Å². The molecule has 0 unspecified atom stereocenters. The van der Waals surface area contributed by atoms with Crippen molar-refractivity contribution in [2.24, 2.45) is 0 Å². The Labute approximate surface area is 206 Å². The Morgan fingerprint density at radius 2 is 1.53 bits per heavy atom. The first kappa shape index (κ1) is 26.7. The lowest BCUT2D eigenvalue weighted by Crippen LogP contribution is -2.52. The van der Waals surface area contributed by atoms with Crippen LogP contribution in [0.1, 0.15) is 16.8 Å². The molecule has 3 aromatic rings. The molecule has 36 heavy (non-hydrogen) atoms. The first-order valence-electron chi connectivity index (χ1n) is 10.1. The minimum atomic E-state index is -3.26. The van der Waals surface area contributed by atoms with Crippen molar-refractivity contribution in [3.63, 3.8) is 0 Å². The number of hydrogen-bond donors (Lipinski definition) is 12. The smallest absolute Gasteiger partial charge is 0.230 e. The Bertz CT molecular complexity index is 1230. The zero-order chi connectivity index (χ0) is 26.8. The second-order valence-corrected chi connectivity index (χ2v) is 8.83. The van der Waals surface area contributed by atoms with Crippen LogP contribution >= 0.6 is 11.3 Å². The summed E-state index contributed by atoms with van der Waals surface area (Å²) < 4.78 is 0. The van der Waals surface area contributed by atoms with Crippen molar-refractivity contribution < 1.29 is 50.8 Å². The van der Waals surface area contributed by atoms with Crippen LogP contribution in [-0.4, -0.2) is 69.3 Å². The number of nitrogen functional groups attached to an aromatic ring is 1. The topological polar surface area (TPSA) is 262 Å². The molecular weight excluding hydrogens is 500 g/mol. The molecule has 1 amide bonds. The van der Waals surface area contributed by atoms with Crippen LogP contribution in [0.5, 0.6) is 28.1 Å². The number of amides is 1. The number of nitrogens with two attached hydrogens (primary N) is 1. The lowest BCUT2D eigenvalue weighted by molar-refractivity contribution is -0.221. The largest absolute Gasteiger partial charge is 0.504 e. The Morgan fingerprint density at radius 3 is 2.06 bits per heavy atom. The number of anilines is 2. The fraction of sp³-hybridized carbons (Fsp3) is 0.238. The minimum absolute atomic E-state index is 0.0185. The molecule has 0 aliphatic heterocycles. The Kier molecular flexibility index (Phi) is 7.44. The first-order chi connectivity index (χ1) is 16.7. The van der Waals surface area contributed by atoms with Gasteiger partial charge in [0.1, 0.15) is 16.9 Å². The van der Waals surface area contributed by atoms with Crippen LogP contribution in [0.15, 0.2) is 30.3 Å². The van der Waals surface area contributed by atoms with Gasteiger partial charge in [0.05, 0.1) is 13.0 Å². The summed E-state index contributed by atoms with van der Waals surface area (Å²) in [6.07, 6.45) is -0.949. The summed E-state index contributed by atoms with van der Waals surface area (Å²) in [6.45, 7) is -1.11. The molecule has 0 atom stereocenters. The molecule has 0 aliphatic rings.